The molecule has 3 unspecified atom stereocenters. The van der Waals surface area contributed by atoms with Gasteiger partial charge in [0, 0.05) is 6.54 Å². The maximum Gasteiger partial charge on any atom is 0.326 e. The minimum absolute atomic E-state index is 0.100. The molecular weight excluding hydrogens is 402 g/mol. The molecule has 0 aromatic heterocycles. The van der Waals surface area contributed by atoms with Crippen LogP contribution in [0.5, 0.6) is 0 Å². The van der Waals surface area contributed by atoms with Gasteiger partial charge in [-0.3, -0.25) is 19.4 Å². The highest BCUT2D eigenvalue weighted by atomic mass is 32.2. The Morgan fingerprint density at radius 1 is 1.07 bits per heavy atom. The van der Waals surface area contributed by atoms with Gasteiger partial charge < -0.3 is 38.3 Å². The van der Waals surface area contributed by atoms with Crippen LogP contribution in [0.15, 0.2) is 4.99 Å². The zero-order valence-electron chi connectivity index (χ0n) is 16.6. The van der Waals surface area contributed by atoms with Gasteiger partial charge in [0.15, 0.2) is 5.96 Å². The molecule has 0 fully saturated rings. The van der Waals surface area contributed by atoms with Crippen molar-refractivity contribution in [2.24, 2.45) is 22.2 Å². The van der Waals surface area contributed by atoms with E-state index >= 15 is 0 Å². The molecule has 0 aliphatic heterocycles. The fourth-order valence-electron chi connectivity index (χ4n) is 2.11. The summed E-state index contributed by atoms with van der Waals surface area (Å²) < 4.78 is 0. The van der Waals surface area contributed by atoms with Crippen LogP contribution in [-0.4, -0.2) is 78.0 Å². The predicted molar refractivity (Wildman–Crippen MR) is 111 cm³/mol. The Bertz CT molecular complexity index is 596. The maximum atomic E-state index is 12.5. The number of hydrogen-bond acceptors (Lipinski definition) is 7. The number of nitrogens with one attached hydrogen (secondary N) is 3. The molecule has 12 nitrogen and oxygen atoms in total. The zero-order chi connectivity index (χ0) is 22.4. The highest BCUT2D eigenvalue weighted by molar-refractivity contribution is 7.98. The zero-order valence-corrected chi connectivity index (χ0v) is 17.5. The SMILES string of the molecule is CSCCC(NC(=O)CNC(=O)C(C)N)C(=O)NC(CCCN=C(N)N)C(=O)O. The number of hydrogen-bond donors (Lipinski definition) is 7. The van der Waals surface area contributed by atoms with Crippen LogP contribution < -0.4 is 33.2 Å². The number of aliphatic carboxylic acids is 1. The van der Waals surface area contributed by atoms with E-state index in [-0.39, 0.29) is 25.5 Å². The van der Waals surface area contributed by atoms with E-state index in [4.69, 9.17) is 17.2 Å². The highest BCUT2D eigenvalue weighted by Crippen LogP contribution is 2.04. The summed E-state index contributed by atoms with van der Waals surface area (Å²) in [5.74, 6) is -2.46. The molecule has 0 saturated carbocycles. The lowest BCUT2D eigenvalue weighted by molar-refractivity contribution is -0.142. The van der Waals surface area contributed by atoms with Crippen LogP contribution in [0.4, 0.5) is 0 Å². The number of nitrogens with zero attached hydrogens (tertiary/aromatic N) is 1. The number of thioether (sulfide) groups is 1. The molecule has 0 aliphatic rings. The van der Waals surface area contributed by atoms with Crippen LogP contribution in [0.3, 0.4) is 0 Å². The molecule has 0 spiro atoms. The van der Waals surface area contributed by atoms with E-state index in [1.807, 2.05) is 6.26 Å². The van der Waals surface area contributed by atoms with Crippen LogP contribution in [0.1, 0.15) is 26.2 Å². The molecule has 0 saturated heterocycles. The van der Waals surface area contributed by atoms with Crippen LogP contribution in [0, 0.1) is 0 Å². The van der Waals surface area contributed by atoms with Crippen molar-refractivity contribution in [1.29, 1.82) is 0 Å². The molecule has 0 bridgehead atoms. The quantitative estimate of drug-likeness (QED) is 0.0861. The third-order valence-electron chi connectivity index (χ3n) is 3.66. The highest BCUT2D eigenvalue weighted by Gasteiger charge is 2.26. The molecule has 10 N–H and O–H groups in total. The smallest absolute Gasteiger partial charge is 0.326 e. The second-order valence-corrected chi connectivity index (χ2v) is 7.24. The fourth-order valence-corrected chi connectivity index (χ4v) is 2.58. The first-order valence-corrected chi connectivity index (χ1v) is 10.4. The normalized spacial score (nSPS) is 13.5. The summed E-state index contributed by atoms with van der Waals surface area (Å²) in [6, 6.07) is -2.86. The van der Waals surface area contributed by atoms with E-state index in [0.29, 0.717) is 18.6 Å². The molecule has 0 heterocycles. The van der Waals surface area contributed by atoms with E-state index in [1.54, 1.807) is 0 Å². The maximum absolute atomic E-state index is 12.5. The van der Waals surface area contributed by atoms with Crippen molar-refractivity contribution >= 4 is 41.4 Å². The number of carbonyl (C=O) groups is 4. The minimum atomic E-state index is -1.21. The van der Waals surface area contributed by atoms with Crippen LogP contribution in [0.25, 0.3) is 0 Å². The van der Waals surface area contributed by atoms with E-state index in [9.17, 15) is 24.3 Å². The summed E-state index contributed by atoms with van der Waals surface area (Å²) in [6.45, 7) is 1.36. The summed E-state index contributed by atoms with van der Waals surface area (Å²) in [7, 11) is 0. The van der Waals surface area contributed by atoms with Crippen LogP contribution in [-0.2, 0) is 19.2 Å². The lowest BCUT2D eigenvalue weighted by Gasteiger charge is -2.21. The van der Waals surface area contributed by atoms with Gasteiger partial charge in [-0.1, -0.05) is 0 Å². The Hall–Kier alpha value is -2.54. The van der Waals surface area contributed by atoms with Crippen molar-refractivity contribution in [2.45, 2.75) is 44.3 Å². The number of guanidine groups is 1. The molecule has 0 aromatic carbocycles. The predicted octanol–water partition coefficient (Wildman–Crippen LogP) is -2.69. The van der Waals surface area contributed by atoms with Crippen LogP contribution >= 0.6 is 11.8 Å². The van der Waals surface area contributed by atoms with Gasteiger partial charge >= 0.3 is 5.97 Å². The summed E-state index contributed by atoms with van der Waals surface area (Å²) in [4.78, 5) is 51.2. The summed E-state index contributed by atoms with van der Waals surface area (Å²) in [5.41, 5.74) is 15.8. The van der Waals surface area contributed by atoms with Gasteiger partial charge in [-0.15, -0.1) is 0 Å². The standard InChI is InChI=1S/C16H31N7O5S/c1-9(17)13(25)21-8-12(24)22-10(5-7-29-2)14(26)23-11(15(27)28)4-3-6-20-16(18)19/h9-11H,3-8,17H2,1-2H3,(H,21,25)(H,22,24)(H,23,26)(H,27,28)(H4,18,19,20). The van der Waals surface area contributed by atoms with Crippen molar-refractivity contribution in [1.82, 2.24) is 16.0 Å². The summed E-state index contributed by atoms with van der Waals surface area (Å²) in [6.07, 6.45) is 2.59. The molecule has 29 heavy (non-hydrogen) atoms. The number of aliphatic imine (C=N–C) groups is 1. The second-order valence-electron chi connectivity index (χ2n) is 6.26. The molecule has 0 rings (SSSR count). The van der Waals surface area contributed by atoms with Gasteiger partial charge in [-0.25, -0.2) is 4.79 Å². The summed E-state index contributed by atoms with van der Waals surface area (Å²) in [5, 5.41) is 16.6. The first-order valence-electron chi connectivity index (χ1n) is 8.98. The largest absolute Gasteiger partial charge is 0.480 e. The lowest BCUT2D eigenvalue weighted by Crippen LogP contribution is -2.53. The monoisotopic (exact) mass is 433 g/mol. The van der Waals surface area contributed by atoms with Gasteiger partial charge in [0.05, 0.1) is 12.6 Å². The van der Waals surface area contributed by atoms with E-state index in [2.05, 4.69) is 20.9 Å². The lowest BCUT2D eigenvalue weighted by atomic mass is 10.1. The van der Waals surface area contributed by atoms with Gasteiger partial charge in [0.1, 0.15) is 12.1 Å². The number of carboxylic acid groups (broad SMARTS) is 1. The molecule has 13 heteroatoms. The average molecular weight is 434 g/mol. The Kier molecular flexibility index (Phi) is 13.2. The number of carbonyl (C=O) groups excluding carboxylic acids is 3. The number of rotatable bonds is 14. The van der Waals surface area contributed by atoms with E-state index in [0.717, 1.165) is 0 Å². The van der Waals surface area contributed by atoms with Crippen molar-refractivity contribution in [3.8, 4) is 0 Å². The van der Waals surface area contributed by atoms with Gasteiger partial charge in [-0.2, -0.15) is 11.8 Å². The molecule has 0 aromatic rings. The molecule has 3 amide bonds. The summed E-state index contributed by atoms with van der Waals surface area (Å²) >= 11 is 1.47. The molecule has 0 radical (unpaired) electrons. The van der Waals surface area contributed by atoms with Gasteiger partial charge in [0.2, 0.25) is 17.7 Å². The third kappa shape index (κ3) is 12.5. The van der Waals surface area contributed by atoms with Crippen molar-refractivity contribution in [3.63, 3.8) is 0 Å². The Morgan fingerprint density at radius 2 is 1.72 bits per heavy atom. The number of nitrogens with two attached hydrogens (primary N) is 3. The Labute approximate surface area is 173 Å². The Morgan fingerprint density at radius 3 is 2.24 bits per heavy atom. The molecule has 166 valence electrons. The average Bonchev–Trinajstić information content (AvgIpc) is 2.64. The number of carboxylic acids is 1. The van der Waals surface area contributed by atoms with Gasteiger partial charge in [0.25, 0.3) is 0 Å². The molecule has 3 atom stereocenters. The topological polar surface area (TPSA) is 215 Å². The van der Waals surface area contributed by atoms with E-state index in [1.165, 1.54) is 18.7 Å². The Balaban J connectivity index is 4.84. The van der Waals surface area contributed by atoms with Gasteiger partial charge in [-0.05, 0) is 38.2 Å². The first kappa shape index (κ1) is 26.5. The van der Waals surface area contributed by atoms with Crippen LogP contribution in [0.2, 0.25) is 0 Å². The molecular formula is C16H31N7O5S. The molecule has 0 aliphatic carbocycles. The second kappa shape index (κ2) is 14.5. The third-order valence-corrected chi connectivity index (χ3v) is 4.30. The first-order chi connectivity index (χ1) is 13.6. The van der Waals surface area contributed by atoms with E-state index < -0.39 is 41.8 Å². The minimum Gasteiger partial charge on any atom is -0.480 e. The van der Waals surface area contributed by atoms with Crippen molar-refractivity contribution in [3.05, 3.63) is 0 Å². The van der Waals surface area contributed by atoms with Crippen molar-refractivity contribution < 1.29 is 24.3 Å². The number of amides is 3. The fraction of sp³-hybridized carbons (Fsp3) is 0.688. The van der Waals surface area contributed by atoms with Crippen molar-refractivity contribution in [2.75, 3.05) is 25.1 Å².